The first-order valence-corrected chi connectivity index (χ1v) is 12.7. The fraction of sp³-hybridized carbons (Fsp3) is 0.207. The van der Waals surface area contributed by atoms with Gasteiger partial charge in [0.2, 0.25) is 0 Å². The molecule has 1 aliphatic heterocycles. The van der Waals surface area contributed by atoms with Crippen LogP contribution in [-0.2, 0) is 0 Å². The number of aliphatic imine (C=N–C) groups is 1. The zero-order chi connectivity index (χ0) is 22.9. The van der Waals surface area contributed by atoms with E-state index in [1.807, 2.05) is 24.3 Å². The van der Waals surface area contributed by atoms with Crippen LogP contribution in [0.15, 0.2) is 106 Å². The summed E-state index contributed by atoms with van der Waals surface area (Å²) in [7, 11) is 0. The standard InChI is InChI=1S/C29H26N4S/c1-2-25-24(20-12-13-20)17-27(30-25)32-28-18-26(21-9-4-3-5-10-21)31-29(33-28)34-23-15-14-19-8-6-7-11-22(19)16-23/h3-11,14-18,20,25H,2,12-13H2,1H3,(H,30,31,32,33). The third-order valence-corrected chi connectivity index (χ3v) is 7.23. The number of fused-ring (bicyclic) bond motifs is 1. The summed E-state index contributed by atoms with van der Waals surface area (Å²) in [5.41, 5.74) is 3.45. The number of hydrogen-bond donors (Lipinski definition) is 1. The first kappa shape index (κ1) is 21.1. The maximum absolute atomic E-state index is 4.94. The van der Waals surface area contributed by atoms with Gasteiger partial charge in [0, 0.05) is 16.5 Å². The molecule has 3 aromatic carbocycles. The number of amidine groups is 1. The molecule has 0 saturated heterocycles. The van der Waals surface area contributed by atoms with Gasteiger partial charge < -0.3 is 5.32 Å². The normalized spacial score (nSPS) is 17.5. The number of hydrogen-bond acceptors (Lipinski definition) is 5. The van der Waals surface area contributed by atoms with Crippen LogP contribution >= 0.6 is 11.8 Å². The van der Waals surface area contributed by atoms with Gasteiger partial charge >= 0.3 is 0 Å². The molecule has 1 N–H and O–H groups in total. The van der Waals surface area contributed by atoms with Crippen LogP contribution < -0.4 is 5.32 Å². The number of rotatable bonds is 6. The molecule has 0 radical (unpaired) electrons. The van der Waals surface area contributed by atoms with Gasteiger partial charge in [0.1, 0.15) is 11.7 Å². The molecule has 168 valence electrons. The second-order valence-corrected chi connectivity index (χ2v) is 9.92. The number of aromatic nitrogens is 2. The van der Waals surface area contributed by atoms with E-state index in [4.69, 9.17) is 15.0 Å². The first-order chi connectivity index (χ1) is 16.7. The topological polar surface area (TPSA) is 50.2 Å². The molecular weight excluding hydrogens is 436 g/mol. The van der Waals surface area contributed by atoms with Crippen LogP contribution in [0.1, 0.15) is 26.2 Å². The highest BCUT2D eigenvalue weighted by Gasteiger charge is 2.33. The smallest absolute Gasteiger partial charge is 0.194 e. The molecule has 0 bridgehead atoms. The van der Waals surface area contributed by atoms with Crippen LogP contribution in [0.3, 0.4) is 0 Å². The maximum Gasteiger partial charge on any atom is 0.194 e. The van der Waals surface area contributed by atoms with Crippen LogP contribution in [-0.4, -0.2) is 21.8 Å². The molecule has 34 heavy (non-hydrogen) atoms. The fourth-order valence-corrected chi connectivity index (χ4v) is 5.32. The van der Waals surface area contributed by atoms with E-state index >= 15 is 0 Å². The van der Waals surface area contributed by atoms with Crippen molar-refractivity contribution in [1.29, 1.82) is 0 Å². The Morgan fingerprint density at radius 1 is 0.882 bits per heavy atom. The van der Waals surface area contributed by atoms with E-state index in [0.717, 1.165) is 45.3 Å². The van der Waals surface area contributed by atoms with Crippen molar-refractivity contribution in [3.8, 4) is 11.3 Å². The molecule has 0 spiro atoms. The average Bonchev–Trinajstić information content (AvgIpc) is 3.64. The van der Waals surface area contributed by atoms with E-state index in [1.165, 1.54) is 29.2 Å². The van der Waals surface area contributed by atoms with E-state index in [9.17, 15) is 0 Å². The van der Waals surface area contributed by atoms with Gasteiger partial charge in [-0.2, -0.15) is 0 Å². The number of nitrogens with one attached hydrogen (secondary N) is 1. The Kier molecular flexibility index (Phi) is 5.63. The molecule has 1 atom stereocenters. The van der Waals surface area contributed by atoms with Crippen molar-refractivity contribution in [1.82, 2.24) is 9.97 Å². The van der Waals surface area contributed by atoms with Crippen LogP contribution in [0.4, 0.5) is 5.82 Å². The zero-order valence-corrected chi connectivity index (χ0v) is 19.9. The summed E-state index contributed by atoms with van der Waals surface area (Å²) < 4.78 is 0. The van der Waals surface area contributed by atoms with Gasteiger partial charge in [-0.25, -0.2) is 9.97 Å². The van der Waals surface area contributed by atoms with E-state index in [2.05, 4.69) is 72.9 Å². The summed E-state index contributed by atoms with van der Waals surface area (Å²) in [6.45, 7) is 2.21. The molecule has 1 fully saturated rings. The second-order valence-electron chi connectivity index (χ2n) is 8.88. The maximum atomic E-state index is 4.94. The summed E-state index contributed by atoms with van der Waals surface area (Å²) in [5, 5.41) is 6.66. The molecule has 1 aromatic heterocycles. The SMILES string of the molecule is CCC1N=C(Nc2cc(-c3ccccc3)nc(Sc3ccc4ccccc4c3)n2)C=C1C1CC1. The zero-order valence-electron chi connectivity index (χ0n) is 19.1. The van der Waals surface area contributed by atoms with Gasteiger partial charge in [0.05, 0.1) is 11.7 Å². The molecule has 1 unspecified atom stereocenters. The van der Waals surface area contributed by atoms with Crippen LogP contribution in [0.25, 0.3) is 22.0 Å². The van der Waals surface area contributed by atoms with Gasteiger partial charge in [0.25, 0.3) is 0 Å². The summed E-state index contributed by atoms with van der Waals surface area (Å²) in [6, 6.07) is 27.5. The third kappa shape index (κ3) is 4.48. The Morgan fingerprint density at radius 2 is 1.68 bits per heavy atom. The van der Waals surface area contributed by atoms with Crippen molar-refractivity contribution in [3.05, 3.63) is 90.5 Å². The Balaban J connectivity index is 1.34. The quantitative estimate of drug-likeness (QED) is 0.304. The molecule has 4 nitrogen and oxygen atoms in total. The highest BCUT2D eigenvalue weighted by atomic mass is 32.2. The minimum atomic E-state index is 0.303. The third-order valence-electron chi connectivity index (χ3n) is 6.38. The molecule has 2 heterocycles. The molecular formula is C29H26N4S. The summed E-state index contributed by atoms with van der Waals surface area (Å²) in [5.74, 6) is 2.41. The lowest BCUT2D eigenvalue weighted by molar-refractivity contribution is 0.709. The van der Waals surface area contributed by atoms with E-state index in [1.54, 1.807) is 11.8 Å². The molecule has 1 aliphatic carbocycles. The van der Waals surface area contributed by atoms with E-state index in [-0.39, 0.29) is 0 Å². The fourth-order valence-electron chi connectivity index (χ4n) is 4.49. The lowest BCUT2D eigenvalue weighted by Gasteiger charge is -2.10. The number of anilines is 1. The average molecular weight is 463 g/mol. The molecule has 5 heteroatoms. The monoisotopic (exact) mass is 462 g/mol. The van der Waals surface area contributed by atoms with Crippen molar-refractivity contribution in [2.24, 2.45) is 10.9 Å². The van der Waals surface area contributed by atoms with Crippen molar-refractivity contribution < 1.29 is 0 Å². The van der Waals surface area contributed by atoms with Crippen molar-refractivity contribution in [2.45, 2.75) is 42.3 Å². The Labute approximate surface area is 204 Å². The molecule has 1 saturated carbocycles. The Morgan fingerprint density at radius 3 is 2.47 bits per heavy atom. The predicted molar refractivity (Wildman–Crippen MR) is 141 cm³/mol. The van der Waals surface area contributed by atoms with Crippen LogP contribution in [0.5, 0.6) is 0 Å². The summed E-state index contributed by atoms with van der Waals surface area (Å²) in [6.07, 6.45) is 5.87. The van der Waals surface area contributed by atoms with Crippen LogP contribution in [0, 0.1) is 5.92 Å². The summed E-state index contributed by atoms with van der Waals surface area (Å²) >= 11 is 1.59. The van der Waals surface area contributed by atoms with E-state index in [0.29, 0.717) is 6.04 Å². The lowest BCUT2D eigenvalue weighted by Crippen LogP contribution is -2.10. The predicted octanol–water partition coefficient (Wildman–Crippen LogP) is 7.39. The largest absolute Gasteiger partial charge is 0.325 e. The molecule has 2 aliphatic rings. The number of benzene rings is 3. The van der Waals surface area contributed by atoms with Crippen molar-refractivity contribution in [3.63, 3.8) is 0 Å². The van der Waals surface area contributed by atoms with Gasteiger partial charge in [-0.3, -0.25) is 4.99 Å². The molecule has 6 rings (SSSR count). The minimum absolute atomic E-state index is 0.303. The number of nitrogens with zero attached hydrogens (tertiary/aromatic N) is 3. The van der Waals surface area contributed by atoms with Gasteiger partial charge in [-0.05, 0) is 71.5 Å². The molecule has 4 aromatic rings. The Bertz CT molecular complexity index is 1410. The minimum Gasteiger partial charge on any atom is -0.325 e. The Hall–Kier alpha value is -3.44. The summed E-state index contributed by atoms with van der Waals surface area (Å²) in [4.78, 5) is 15.8. The highest BCUT2D eigenvalue weighted by Crippen LogP contribution is 2.41. The lowest BCUT2D eigenvalue weighted by atomic mass is 10.0. The van der Waals surface area contributed by atoms with Gasteiger partial charge in [-0.1, -0.05) is 67.6 Å². The van der Waals surface area contributed by atoms with Crippen LogP contribution in [0.2, 0.25) is 0 Å². The van der Waals surface area contributed by atoms with Crippen molar-refractivity contribution >= 4 is 34.2 Å². The van der Waals surface area contributed by atoms with Gasteiger partial charge in [0.15, 0.2) is 5.16 Å². The van der Waals surface area contributed by atoms with E-state index < -0.39 is 0 Å². The highest BCUT2D eigenvalue weighted by molar-refractivity contribution is 7.99. The second kappa shape index (κ2) is 9.07. The molecule has 0 amide bonds. The van der Waals surface area contributed by atoms with Gasteiger partial charge in [-0.15, -0.1) is 0 Å². The first-order valence-electron chi connectivity index (χ1n) is 11.9. The van der Waals surface area contributed by atoms with Crippen molar-refractivity contribution in [2.75, 3.05) is 5.32 Å².